The summed E-state index contributed by atoms with van der Waals surface area (Å²) in [7, 11) is 3.91. The zero-order chi connectivity index (χ0) is 15.2. The highest BCUT2D eigenvalue weighted by molar-refractivity contribution is 5.64. The number of anilines is 1. The molecule has 21 heavy (non-hydrogen) atoms. The van der Waals surface area contributed by atoms with Crippen molar-refractivity contribution in [1.82, 2.24) is 5.32 Å². The first-order valence-corrected chi connectivity index (χ1v) is 7.86. The highest BCUT2D eigenvalue weighted by atomic mass is 16.5. The number of benzene rings is 1. The van der Waals surface area contributed by atoms with Crippen molar-refractivity contribution in [3.05, 3.63) is 34.9 Å². The van der Waals surface area contributed by atoms with Gasteiger partial charge in [-0.05, 0) is 35.6 Å². The van der Waals surface area contributed by atoms with Crippen molar-refractivity contribution in [3.63, 3.8) is 0 Å². The summed E-state index contributed by atoms with van der Waals surface area (Å²) in [4.78, 5) is 2.33. The molecule has 116 valence electrons. The standard InChI is InChI=1S/C18H28N2O/c1-14(2)17(13-19-8-10-21-4)12-15-5-6-18-16(11-15)7-9-20(18)3/h5-6,11-12,14,19H,7-10,13H2,1-4H3. The Bertz CT molecular complexity index is 494. The fourth-order valence-corrected chi connectivity index (χ4v) is 2.72. The Morgan fingerprint density at radius 1 is 1.43 bits per heavy atom. The van der Waals surface area contributed by atoms with E-state index in [4.69, 9.17) is 4.74 Å². The second-order valence-corrected chi connectivity index (χ2v) is 6.10. The van der Waals surface area contributed by atoms with E-state index >= 15 is 0 Å². The molecule has 0 aromatic heterocycles. The van der Waals surface area contributed by atoms with Gasteiger partial charge in [-0.25, -0.2) is 0 Å². The number of likely N-dealkylation sites (N-methyl/N-ethyl adjacent to an activating group) is 1. The second kappa shape index (κ2) is 7.62. The fourth-order valence-electron chi connectivity index (χ4n) is 2.72. The van der Waals surface area contributed by atoms with Gasteiger partial charge in [-0.1, -0.05) is 31.6 Å². The van der Waals surface area contributed by atoms with Gasteiger partial charge in [0, 0.05) is 39.5 Å². The van der Waals surface area contributed by atoms with Gasteiger partial charge in [0.15, 0.2) is 0 Å². The normalized spacial score (nSPS) is 14.9. The lowest BCUT2D eigenvalue weighted by Gasteiger charge is -2.14. The Morgan fingerprint density at radius 3 is 2.95 bits per heavy atom. The minimum absolute atomic E-state index is 0.552. The molecule has 0 radical (unpaired) electrons. The van der Waals surface area contributed by atoms with Crippen LogP contribution in [-0.4, -0.2) is 40.4 Å². The van der Waals surface area contributed by atoms with Crippen LogP contribution in [0.3, 0.4) is 0 Å². The summed E-state index contributed by atoms with van der Waals surface area (Å²) < 4.78 is 5.08. The van der Waals surface area contributed by atoms with Gasteiger partial charge in [0.2, 0.25) is 0 Å². The first-order chi connectivity index (χ1) is 10.1. The van der Waals surface area contributed by atoms with Crippen LogP contribution in [0.2, 0.25) is 0 Å². The van der Waals surface area contributed by atoms with Crippen LogP contribution in [0.25, 0.3) is 6.08 Å². The first kappa shape index (κ1) is 16.1. The number of nitrogens with one attached hydrogen (secondary N) is 1. The van der Waals surface area contributed by atoms with E-state index in [9.17, 15) is 0 Å². The van der Waals surface area contributed by atoms with Crippen molar-refractivity contribution in [2.45, 2.75) is 20.3 Å². The van der Waals surface area contributed by atoms with Gasteiger partial charge in [0.05, 0.1) is 6.61 Å². The minimum Gasteiger partial charge on any atom is -0.383 e. The van der Waals surface area contributed by atoms with Crippen molar-refractivity contribution >= 4 is 11.8 Å². The van der Waals surface area contributed by atoms with Crippen LogP contribution < -0.4 is 10.2 Å². The number of hydrogen-bond acceptors (Lipinski definition) is 3. The van der Waals surface area contributed by atoms with Crippen LogP contribution in [0, 0.1) is 5.92 Å². The number of hydrogen-bond donors (Lipinski definition) is 1. The van der Waals surface area contributed by atoms with E-state index in [2.05, 4.69) is 55.4 Å². The maximum atomic E-state index is 5.08. The maximum Gasteiger partial charge on any atom is 0.0587 e. The van der Waals surface area contributed by atoms with Gasteiger partial charge in [-0.3, -0.25) is 0 Å². The molecule has 0 atom stereocenters. The molecule has 0 amide bonds. The number of methoxy groups -OCH3 is 1. The minimum atomic E-state index is 0.552. The van der Waals surface area contributed by atoms with E-state index in [1.165, 1.54) is 22.4 Å². The number of rotatable bonds is 7. The first-order valence-electron chi connectivity index (χ1n) is 7.86. The lowest BCUT2D eigenvalue weighted by Crippen LogP contribution is -2.23. The van der Waals surface area contributed by atoms with Crippen molar-refractivity contribution in [1.29, 1.82) is 0 Å². The van der Waals surface area contributed by atoms with Gasteiger partial charge >= 0.3 is 0 Å². The molecular weight excluding hydrogens is 260 g/mol. The topological polar surface area (TPSA) is 24.5 Å². The Balaban J connectivity index is 2.07. The molecule has 0 saturated heterocycles. The quantitative estimate of drug-likeness (QED) is 0.781. The summed E-state index contributed by atoms with van der Waals surface area (Å²) in [5, 5.41) is 3.45. The van der Waals surface area contributed by atoms with Crippen LogP contribution in [-0.2, 0) is 11.2 Å². The second-order valence-electron chi connectivity index (χ2n) is 6.10. The van der Waals surface area contributed by atoms with Gasteiger partial charge in [0.25, 0.3) is 0 Å². The van der Waals surface area contributed by atoms with Crippen molar-refractivity contribution in [2.24, 2.45) is 5.92 Å². The van der Waals surface area contributed by atoms with Crippen LogP contribution in [0.1, 0.15) is 25.0 Å². The Hall–Kier alpha value is -1.32. The zero-order valence-electron chi connectivity index (χ0n) is 13.8. The predicted octanol–water partition coefficient (Wildman–Crippen LogP) is 2.95. The molecule has 1 aliphatic heterocycles. The maximum absolute atomic E-state index is 5.08. The van der Waals surface area contributed by atoms with E-state index in [1.54, 1.807) is 7.11 Å². The molecule has 1 heterocycles. The lowest BCUT2D eigenvalue weighted by molar-refractivity contribution is 0.200. The van der Waals surface area contributed by atoms with E-state index in [0.717, 1.165) is 32.7 Å². The van der Waals surface area contributed by atoms with Crippen LogP contribution in [0.4, 0.5) is 5.69 Å². The molecule has 2 rings (SSSR count). The third-order valence-corrected chi connectivity index (χ3v) is 4.14. The van der Waals surface area contributed by atoms with Crippen LogP contribution in [0.5, 0.6) is 0 Å². The zero-order valence-corrected chi connectivity index (χ0v) is 13.8. The van der Waals surface area contributed by atoms with Crippen molar-refractivity contribution in [2.75, 3.05) is 45.3 Å². The summed E-state index contributed by atoms with van der Waals surface area (Å²) in [6.45, 7) is 8.23. The van der Waals surface area contributed by atoms with Gasteiger partial charge in [-0.2, -0.15) is 0 Å². The number of nitrogens with zero attached hydrogens (tertiary/aromatic N) is 1. The van der Waals surface area contributed by atoms with E-state index in [0.29, 0.717) is 5.92 Å². The fraction of sp³-hybridized carbons (Fsp3) is 0.556. The molecule has 1 aromatic carbocycles. The third-order valence-electron chi connectivity index (χ3n) is 4.14. The molecule has 0 saturated carbocycles. The highest BCUT2D eigenvalue weighted by Gasteiger charge is 2.15. The molecule has 0 fully saturated rings. The van der Waals surface area contributed by atoms with E-state index in [-0.39, 0.29) is 0 Å². The van der Waals surface area contributed by atoms with E-state index < -0.39 is 0 Å². The molecular formula is C18H28N2O. The molecule has 0 bridgehead atoms. The molecule has 0 unspecified atom stereocenters. The van der Waals surface area contributed by atoms with Crippen molar-refractivity contribution < 1.29 is 4.74 Å². The molecule has 1 N–H and O–H groups in total. The highest BCUT2D eigenvalue weighted by Crippen LogP contribution is 2.28. The van der Waals surface area contributed by atoms with Gasteiger partial charge in [0.1, 0.15) is 0 Å². The predicted molar refractivity (Wildman–Crippen MR) is 91.0 cm³/mol. The van der Waals surface area contributed by atoms with Crippen LogP contribution >= 0.6 is 0 Å². The number of fused-ring (bicyclic) bond motifs is 1. The Morgan fingerprint density at radius 2 is 2.24 bits per heavy atom. The summed E-state index contributed by atoms with van der Waals surface area (Å²) in [6, 6.07) is 6.83. The summed E-state index contributed by atoms with van der Waals surface area (Å²) in [5.74, 6) is 0.552. The average molecular weight is 288 g/mol. The van der Waals surface area contributed by atoms with Gasteiger partial charge in [-0.15, -0.1) is 0 Å². The molecule has 0 aliphatic carbocycles. The Labute approximate surface area is 129 Å². The summed E-state index contributed by atoms with van der Waals surface area (Å²) in [5.41, 5.74) is 5.62. The average Bonchev–Trinajstić information content (AvgIpc) is 2.83. The summed E-state index contributed by atoms with van der Waals surface area (Å²) >= 11 is 0. The van der Waals surface area contributed by atoms with E-state index in [1.807, 2.05) is 0 Å². The molecule has 3 heteroatoms. The Kier molecular flexibility index (Phi) is 5.83. The smallest absolute Gasteiger partial charge is 0.0587 e. The van der Waals surface area contributed by atoms with Gasteiger partial charge < -0.3 is 15.0 Å². The van der Waals surface area contributed by atoms with Crippen LogP contribution in [0.15, 0.2) is 23.8 Å². The third kappa shape index (κ3) is 4.32. The lowest BCUT2D eigenvalue weighted by atomic mass is 9.99. The SMILES string of the molecule is COCCNCC(=Cc1ccc2c(c1)CCN2C)C(C)C. The summed E-state index contributed by atoms with van der Waals surface area (Å²) in [6.07, 6.45) is 3.50. The monoisotopic (exact) mass is 288 g/mol. The molecule has 3 nitrogen and oxygen atoms in total. The molecule has 1 aliphatic rings. The molecule has 0 spiro atoms. The van der Waals surface area contributed by atoms with Crippen molar-refractivity contribution in [3.8, 4) is 0 Å². The molecule has 1 aromatic rings. The number of ether oxygens (including phenoxy) is 1. The largest absolute Gasteiger partial charge is 0.383 e.